The molecule has 3 rings (SSSR count). The van der Waals surface area contributed by atoms with Crippen molar-refractivity contribution in [2.45, 2.75) is 0 Å². The Labute approximate surface area is 113 Å². The highest BCUT2D eigenvalue weighted by Crippen LogP contribution is 2.37. The highest BCUT2D eigenvalue weighted by atomic mass is 32.1. The molecule has 0 aliphatic carbocycles. The van der Waals surface area contributed by atoms with Crippen molar-refractivity contribution in [1.82, 2.24) is 4.98 Å². The number of rotatable bonds is 2. The molecule has 0 radical (unpaired) electrons. The minimum Gasteiger partial charge on any atom is -0.486 e. The number of ether oxygens (including phenoxy) is 2. The Hall–Kier alpha value is -2.28. The molecule has 0 unspecified atom stereocenters. The van der Waals surface area contributed by atoms with E-state index in [0.29, 0.717) is 41.8 Å². The number of hydrogen-bond donors (Lipinski definition) is 2. The van der Waals surface area contributed by atoms with E-state index in [1.165, 1.54) is 11.3 Å². The summed E-state index contributed by atoms with van der Waals surface area (Å²) in [4.78, 5) is 15.8. The van der Waals surface area contributed by atoms with Gasteiger partial charge >= 0.3 is 0 Å². The number of aromatic nitrogens is 1. The predicted molar refractivity (Wildman–Crippen MR) is 71.9 cm³/mol. The zero-order valence-corrected chi connectivity index (χ0v) is 10.7. The van der Waals surface area contributed by atoms with E-state index in [0.717, 1.165) is 0 Å². The highest BCUT2D eigenvalue weighted by molar-refractivity contribution is 7.07. The maximum Gasteiger partial charge on any atom is 0.275 e. The summed E-state index contributed by atoms with van der Waals surface area (Å²) in [5.41, 5.74) is 8.75. The number of carbonyl (C=O) groups is 1. The number of nitrogens with one attached hydrogen (secondary N) is 1. The molecule has 0 spiro atoms. The molecular formula is C12H11N3O3S. The van der Waals surface area contributed by atoms with Gasteiger partial charge in [0.1, 0.15) is 18.9 Å². The van der Waals surface area contributed by atoms with Gasteiger partial charge in [-0.15, -0.1) is 11.3 Å². The zero-order chi connectivity index (χ0) is 13.2. The summed E-state index contributed by atoms with van der Waals surface area (Å²) in [6, 6.07) is 3.30. The van der Waals surface area contributed by atoms with Gasteiger partial charge in [0, 0.05) is 17.5 Å². The van der Waals surface area contributed by atoms with E-state index >= 15 is 0 Å². The number of carbonyl (C=O) groups excluding carboxylic acids is 1. The maximum absolute atomic E-state index is 11.9. The number of hydrogen-bond acceptors (Lipinski definition) is 6. The van der Waals surface area contributed by atoms with Crippen molar-refractivity contribution in [3.63, 3.8) is 0 Å². The monoisotopic (exact) mass is 277 g/mol. The minimum atomic E-state index is -0.301. The number of benzene rings is 1. The first-order valence-electron chi connectivity index (χ1n) is 5.62. The van der Waals surface area contributed by atoms with Gasteiger partial charge in [-0.3, -0.25) is 4.79 Å². The fourth-order valence-electron chi connectivity index (χ4n) is 1.72. The van der Waals surface area contributed by atoms with Crippen LogP contribution in [0.15, 0.2) is 23.0 Å². The largest absolute Gasteiger partial charge is 0.486 e. The van der Waals surface area contributed by atoms with E-state index in [1.54, 1.807) is 23.0 Å². The highest BCUT2D eigenvalue weighted by Gasteiger charge is 2.16. The molecule has 1 amide bonds. The lowest BCUT2D eigenvalue weighted by Crippen LogP contribution is -2.17. The Bertz CT molecular complexity index is 613. The molecule has 0 saturated carbocycles. The van der Waals surface area contributed by atoms with E-state index in [2.05, 4.69) is 10.3 Å². The van der Waals surface area contributed by atoms with Crippen molar-refractivity contribution in [2.75, 3.05) is 24.3 Å². The summed E-state index contributed by atoms with van der Waals surface area (Å²) in [6.45, 7) is 0.980. The predicted octanol–water partition coefficient (Wildman–Crippen LogP) is 1.75. The Morgan fingerprint density at radius 1 is 1.32 bits per heavy atom. The summed E-state index contributed by atoms with van der Waals surface area (Å²) in [7, 11) is 0. The van der Waals surface area contributed by atoms with Gasteiger partial charge in [-0.1, -0.05) is 0 Å². The summed E-state index contributed by atoms with van der Waals surface area (Å²) in [6.07, 6.45) is 0. The molecule has 0 bridgehead atoms. The fraction of sp³-hybridized carbons (Fsp3) is 0.167. The van der Waals surface area contributed by atoms with Crippen LogP contribution in [0.2, 0.25) is 0 Å². The third-order valence-electron chi connectivity index (χ3n) is 2.63. The summed E-state index contributed by atoms with van der Waals surface area (Å²) in [5, 5.41) is 4.38. The lowest BCUT2D eigenvalue weighted by Gasteiger charge is -2.20. The second-order valence-electron chi connectivity index (χ2n) is 3.91. The molecule has 7 heteroatoms. The molecule has 1 aliphatic rings. The number of anilines is 2. The lowest BCUT2D eigenvalue weighted by atomic mass is 10.2. The second kappa shape index (κ2) is 4.77. The standard InChI is InChI=1S/C12H11N3O3S/c13-7-3-10-11(18-2-1-17-10)4-8(7)15-12(16)9-5-19-6-14-9/h3-6H,1-2,13H2,(H,15,16). The van der Waals surface area contributed by atoms with Crippen LogP contribution in [0.25, 0.3) is 0 Å². The molecule has 98 valence electrons. The Kier molecular flexibility index (Phi) is 2.96. The van der Waals surface area contributed by atoms with Crippen LogP contribution < -0.4 is 20.5 Å². The second-order valence-corrected chi connectivity index (χ2v) is 4.63. The van der Waals surface area contributed by atoms with Gasteiger partial charge in [-0.05, 0) is 0 Å². The average Bonchev–Trinajstić information content (AvgIpc) is 2.93. The number of fused-ring (bicyclic) bond motifs is 1. The first kappa shape index (κ1) is 11.8. The molecule has 2 heterocycles. The lowest BCUT2D eigenvalue weighted by molar-refractivity contribution is 0.102. The number of nitrogen functional groups attached to an aromatic ring is 1. The summed E-state index contributed by atoms with van der Waals surface area (Å²) >= 11 is 1.36. The molecule has 3 N–H and O–H groups in total. The topological polar surface area (TPSA) is 86.5 Å². The van der Waals surface area contributed by atoms with Crippen LogP contribution in [0, 0.1) is 0 Å². The van der Waals surface area contributed by atoms with E-state index in [4.69, 9.17) is 15.2 Å². The van der Waals surface area contributed by atoms with Crippen LogP contribution in [0.3, 0.4) is 0 Å². The fourth-order valence-corrected chi connectivity index (χ4v) is 2.26. The van der Waals surface area contributed by atoms with E-state index in [-0.39, 0.29) is 5.91 Å². The molecular weight excluding hydrogens is 266 g/mol. The van der Waals surface area contributed by atoms with Gasteiger partial charge in [0.2, 0.25) is 0 Å². The van der Waals surface area contributed by atoms with Crippen LogP contribution >= 0.6 is 11.3 Å². The van der Waals surface area contributed by atoms with Gasteiger partial charge in [-0.2, -0.15) is 0 Å². The minimum absolute atomic E-state index is 0.301. The van der Waals surface area contributed by atoms with Crippen molar-refractivity contribution in [3.8, 4) is 11.5 Å². The van der Waals surface area contributed by atoms with Crippen molar-refractivity contribution in [2.24, 2.45) is 0 Å². The molecule has 1 aliphatic heterocycles. The Balaban J connectivity index is 1.87. The number of nitrogens with two attached hydrogens (primary N) is 1. The first-order chi connectivity index (χ1) is 9.24. The van der Waals surface area contributed by atoms with Crippen molar-refractivity contribution >= 4 is 28.6 Å². The maximum atomic E-state index is 11.9. The van der Waals surface area contributed by atoms with Crippen LogP contribution in [0.5, 0.6) is 11.5 Å². The first-order valence-corrected chi connectivity index (χ1v) is 6.57. The van der Waals surface area contributed by atoms with E-state index in [9.17, 15) is 4.79 Å². The van der Waals surface area contributed by atoms with Crippen LogP contribution in [0.1, 0.15) is 10.5 Å². The van der Waals surface area contributed by atoms with Crippen LogP contribution in [-0.4, -0.2) is 24.1 Å². The summed E-state index contributed by atoms with van der Waals surface area (Å²) < 4.78 is 10.9. The SMILES string of the molecule is Nc1cc2c(cc1NC(=O)c1cscn1)OCCO2. The van der Waals surface area contributed by atoms with Crippen molar-refractivity contribution in [3.05, 3.63) is 28.7 Å². The average molecular weight is 277 g/mol. The molecule has 0 atom stereocenters. The zero-order valence-electron chi connectivity index (χ0n) is 9.88. The molecule has 1 aromatic heterocycles. The molecule has 0 fully saturated rings. The van der Waals surface area contributed by atoms with Gasteiger partial charge in [0.15, 0.2) is 11.5 Å². The van der Waals surface area contributed by atoms with Crippen LogP contribution in [-0.2, 0) is 0 Å². The third-order valence-corrected chi connectivity index (χ3v) is 3.21. The van der Waals surface area contributed by atoms with Gasteiger partial charge in [0.25, 0.3) is 5.91 Å². The van der Waals surface area contributed by atoms with Gasteiger partial charge < -0.3 is 20.5 Å². The van der Waals surface area contributed by atoms with E-state index < -0.39 is 0 Å². The Morgan fingerprint density at radius 3 is 2.74 bits per heavy atom. The summed E-state index contributed by atoms with van der Waals surface area (Å²) in [5.74, 6) is 0.870. The smallest absolute Gasteiger partial charge is 0.275 e. The number of amides is 1. The molecule has 2 aromatic rings. The van der Waals surface area contributed by atoms with E-state index in [1.807, 2.05) is 0 Å². The van der Waals surface area contributed by atoms with Crippen molar-refractivity contribution < 1.29 is 14.3 Å². The molecule has 6 nitrogen and oxygen atoms in total. The quantitative estimate of drug-likeness (QED) is 0.817. The van der Waals surface area contributed by atoms with Gasteiger partial charge in [0.05, 0.1) is 16.9 Å². The van der Waals surface area contributed by atoms with Crippen LogP contribution in [0.4, 0.5) is 11.4 Å². The van der Waals surface area contributed by atoms with Crippen molar-refractivity contribution in [1.29, 1.82) is 0 Å². The molecule has 0 saturated heterocycles. The Morgan fingerprint density at radius 2 is 2.05 bits per heavy atom. The van der Waals surface area contributed by atoms with Gasteiger partial charge in [-0.25, -0.2) is 4.98 Å². The number of nitrogens with zero attached hydrogens (tertiary/aromatic N) is 1. The normalized spacial score (nSPS) is 13.1. The third kappa shape index (κ3) is 2.32. The molecule has 1 aromatic carbocycles. The number of thiazole rings is 1. The molecule has 19 heavy (non-hydrogen) atoms.